The fourth-order valence-corrected chi connectivity index (χ4v) is 2.02. The Bertz CT molecular complexity index is 474. The lowest BCUT2D eigenvalue weighted by atomic mass is 10.1. The number of nitrogens with two attached hydrogens (primary N) is 1. The molecule has 1 aromatic heterocycles. The Labute approximate surface area is 88.3 Å². The zero-order chi connectivity index (χ0) is 10.8. The molecular weight excluding hydrogens is 191 g/mol. The number of para-hydroxylation sites is 1. The van der Waals surface area contributed by atoms with E-state index in [1.54, 1.807) is 6.07 Å². The van der Waals surface area contributed by atoms with E-state index < -0.39 is 0 Å². The first-order valence-electron chi connectivity index (χ1n) is 5.26. The molecule has 15 heavy (non-hydrogen) atoms. The topological polar surface area (TPSA) is 41.8 Å². The van der Waals surface area contributed by atoms with Gasteiger partial charge in [0.25, 0.3) is 0 Å². The van der Waals surface area contributed by atoms with Crippen molar-refractivity contribution < 1.29 is 4.39 Å². The van der Waals surface area contributed by atoms with E-state index in [1.165, 1.54) is 6.07 Å². The molecule has 3 heteroatoms. The molecule has 0 atom stereocenters. The SMILES string of the molecule is CCc1[nH]c2c(F)cccc2c1CCN. The van der Waals surface area contributed by atoms with Crippen molar-refractivity contribution >= 4 is 10.9 Å². The number of H-pyrrole nitrogens is 1. The fourth-order valence-electron chi connectivity index (χ4n) is 2.02. The van der Waals surface area contributed by atoms with Crippen molar-refractivity contribution in [2.24, 2.45) is 5.73 Å². The summed E-state index contributed by atoms with van der Waals surface area (Å²) in [7, 11) is 0. The number of fused-ring (bicyclic) bond motifs is 1. The summed E-state index contributed by atoms with van der Waals surface area (Å²) in [6.45, 7) is 2.65. The monoisotopic (exact) mass is 206 g/mol. The second kappa shape index (κ2) is 4.03. The van der Waals surface area contributed by atoms with Crippen molar-refractivity contribution in [3.05, 3.63) is 35.3 Å². The van der Waals surface area contributed by atoms with Crippen LogP contribution in [0.4, 0.5) is 4.39 Å². The first-order valence-corrected chi connectivity index (χ1v) is 5.26. The summed E-state index contributed by atoms with van der Waals surface area (Å²) in [4.78, 5) is 3.14. The molecule has 0 saturated carbocycles. The average Bonchev–Trinajstić information content (AvgIpc) is 2.59. The van der Waals surface area contributed by atoms with Crippen LogP contribution in [0.15, 0.2) is 18.2 Å². The summed E-state index contributed by atoms with van der Waals surface area (Å²) in [5, 5.41) is 0.970. The molecule has 0 aliphatic heterocycles. The second-order valence-corrected chi connectivity index (χ2v) is 3.64. The Morgan fingerprint density at radius 3 is 2.87 bits per heavy atom. The zero-order valence-corrected chi connectivity index (χ0v) is 8.81. The van der Waals surface area contributed by atoms with Crippen LogP contribution in [0.1, 0.15) is 18.2 Å². The Balaban J connectivity index is 2.68. The van der Waals surface area contributed by atoms with Crippen LogP contribution in [0, 0.1) is 5.82 Å². The van der Waals surface area contributed by atoms with Crippen molar-refractivity contribution in [1.29, 1.82) is 0 Å². The average molecular weight is 206 g/mol. The molecule has 0 amide bonds. The molecule has 0 radical (unpaired) electrons. The number of rotatable bonds is 3. The van der Waals surface area contributed by atoms with Gasteiger partial charge in [-0.3, -0.25) is 0 Å². The van der Waals surface area contributed by atoms with Crippen molar-refractivity contribution in [2.75, 3.05) is 6.54 Å². The van der Waals surface area contributed by atoms with Gasteiger partial charge in [0.2, 0.25) is 0 Å². The maximum atomic E-state index is 13.5. The molecule has 0 bridgehead atoms. The van der Waals surface area contributed by atoms with Crippen LogP contribution in [0.2, 0.25) is 0 Å². The first-order chi connectivity index (χ1) is 7.27. The van der Waals surface area contributed by atoms with Gasteiger partial charge in [-0.25, -0.2) is 4.39 Å². The Kier molecular flexibility index (Phi) is 2.73. The Hall–Kier alpha value is -1.35. The minimum absolute atomic E-state index is 0.189. The van der Waals surface area contributed by atoms with Crippen LogP contribution in [0.3, 0.4) is 0 Å². The van der Waals surface area contributed by atoms with Crippen LogP contribution < -0.4 is 5.73 Å². The van der Waals surface area contributed by atoms with Gasteiger partial charge >= 0.3 is 0 Å². The Morgan fingerprint density at radius 1 is 1.40 bits per heavy atom. The highest BCUT2D eigenvalue weighted by Crippen LogP contribution is 2.25. The van der Waals surface area contributed by atoms with Gasteiger partial charge in [-0.05, 0) is 31.0 Å². The van der Waals surface area contributed by atoms with Gasteiger partial charge in [-0.15, -0.1) is 0 Å². The highest BCUT2D eigenvalue weighted by atomic mass is 19.1. The smallest absolute Gasteiger partial charge is 0.147 e. The number of aromatic amines is 1. The molecule has 0 unspecified atom stereocenters. The summed E-state index contributed by atoms with van der Waals surface area (Å²) in [5.41, 5.74) is 8.43. The number of benzene rings is 1. The summed E-state index contributed by atoms with van der Waals surface area (Å²) in [6, 6.07) is 5.16. The summed E-state index contributed by atoms with van der Waals surface area (Å²) in [6.07, 6.45) is 1.68. The molecule has 2 aromatic rings. The van der Waals surface area contributed by atoms with E-state index in [0.29, 0.717) is 12.1 Å². The number of hydrogen-bond acceptors (Lipinski definition) is 1. The normalized spacial score (nSPS) is 11.1. The summed E-state index contributed by atoms with van der Waals surface area (Å²) >= 11 is 0. The molecule has 80 valence electrons. The van der Waals surface area contributed by atoms with Crippen LogP contribution in [-0.4, -0.2) is 11.5 Å². The van der Waals surface area contributed by atoms with Gasteiger partial charge in [0.05, 0.1) is 5.52 Å². The van der Waals surface area contributed by atoms with Crippen molar-refractivity contribution in [2.45, 2.75) is 19.8 Å². The minimum Gasteiger partial charge on any atom is -0.356 e. The molecule has 0 aliphatic carbocycles. The molecular formula is C12H15FN2. The van der Waals surface area contributed by atoms with E-state index in [4.69, 9.17) is 5.73 Å². The van der Waals surface area contributed by atoms with E-state index in [-0.39, 0.29) is 5.82 Å². The Morgan fingerprint density at radius 2 is 2.20 bits per heavy atom. The lowest BCUT2D eigenvalue weighted by Crippen LogP contribution is -2.04. The third-order valence-corrected chi connectivity index (χ3v) is 2.73. The van der Waals surface area contributed by atoms with Gasteiger partial charge < -0.3 is 10.7 Å². The van der Waals surface area contributed by atoms with Gasteiger partial charge in [-0.1, -0.05) is 19.1 Å². The quantitative estimate of drug-likeness (QED) is 0.795. The van der Waals surface area contributed by atoms with Crippen LogP contribution >= 0.6 is 0 Å². The molecule has 2 nitrogen and oxygen atoms in total. The van der Waals surface area contributed by atoms with Crippen LogP contribution in [0.25, 0.3) is 10.9 Å². The molecule has 0 saturated heterocycles. The van der Waals surface area contributed by atoms with E-state index in [2.05, 4.69) is 11.9 Å². The van der Waals surface area contributed by atoms with Crippen molar-refractivity contribution in [1.82, 2.24) is 4.98 Å². The maximum absolute atomic E-state index is 13.5. The molecule has 1 aromatic carbocycles. The van der Waals surface area contributed by atoms with Crippen LogP contribution in [0.5, 0.6) is 0 Å². The number of aryl methyl sites for hydroxylation is 1. The summed E-state index contributed by atoms with van der Waals surface area (Å²) in [5.74, 6) is -0.189. The third kappa shape index (κ3) is 1.63. The van der Waals surface area contributed by atoms with Crippen molar-refractivity contribution in [3.63, 3.8) is 0 Å². The second-order valence-electron chi connectivity index (χ2n) is 3.64. The van der Waals surface area contributed by atoms with Crippen LogP contribution in [-0.2, 0) is 12.8 Å². The molecule has 2 rings (SSSR count). The lowest BCUT2D eigenvalue weighted by molar-refractivity contribution is 0.637. The number of halogens is 1. The minimum atomic E-state index is -0.189. The third-order valence-electron chi connectivity index (χ3n) is 2.73. The number of aromatic nitrogens is 1. The molecule has 0 spiro atoms. The number of nitrogens with one attached hydrogen (secondary N) is 1. The maximum Gasteiger partial charge on any atom is 0.147 e. The standard InChI is InChI=1S/C12H15FN2/c1-2-11-8(6-7-14)9-4-3-5-10(13)12(9)15-11/h3-5,15H,2,6-7,14H2,1H3. The van der Waals surface area contributed by atoms with Crippen molar-refractivity contribution in [3.8, 4) is 0 Å². The molecule has 1 heterocycles. The summed E-state index contributed by atoms with van der Waals surface area (Å²) < 4.78 is 13.5. The van der Waals surface area contributed by atoms with Gasteiger partial charge in [-0.2, -0.15) is 0 Å². The molecule has 3 N–H and O–H groups in total. The largest absolute Gasteiger partial charge is 0.356 e. The molecule has 0 aliphatic rings. The van der Waals surface area contributed by atoms with Gasteiger partial charge in [0.1, 0.15) is 5.82 Å². The fraction of sp³-hybridized carbons (Fsp3) is 0.333. The van der Waals surface area contributed by atoms with E-state index >= 15 is 0 Å². The van der Waals surface area contributed by atoms with E-state index in [1.807, 2.05) is 6.07 Å². The van der Waals surface area contributed by atoms with E-state index in [0.717, 1.165) is 29.5 Å². The lowest BCUT2D eigenvalue weighted by Gasteiger charge is -1.99. The van der Waals surface area contributed by atoms with Gasteiger partial charge in [0.15, 0.2) is 0 Å². The predicted molar refractivity (Wildman–Crippen MR) is 60.4 cm³/mol. The highest BCUT2D eigenvalue weighted by Gasteiger charge is 2.11. The van der Waals surface area contributed by atoms with E-state index in [9.17, 15) is 4.39 Å². The van der Waals surface area contributed by atoms with Gasteiger partial charge in [0, 0.05) is 11.1 Å². The number of hydrogen-bond donors (Lipinski definition) is 2. The highest BCUT2D eigenvalue weighted by molar-refractivity contribution is 5.85. The zero-order valence-electron chi connectivity index (χ0n) is 8.81. The predicted octanol–water partition coefficient (Wildman–Crippen LogP) is 2.37. The molecule has 0 fully saturated rings. The first kappa shape index (κ1) is 10.2.